The number of fused-ring (bicyclic) bond motifs is 3. The fraction of sp³-hybridized carbons (Fsp3) is 0.571. The van der Waals surface area contributed by atoms with Crippen molar-refractivity contribution in [3.63, 3.8) is 0 Å². The number of benzene rings is 1. The van der Waals surface area contributed by atoms with Crippen molar-refractivity contribution in [1.82, 2.24) is 0 Å². The monoisotopic (exact) mass is 325 g/mol. The van der Waals surface area contributed by atoms with Gasteiger partial charge in [0.15, 0.2) is 0 Å². The first-order valence-corrected chi connectivity index (χ1v) is 9.57. The Balaban J connectivity index is 1.60. The maximum absolute atomic E-state index is 12.6. The van der Waals surface area contributed by atoms with Crippen molar-refractivity contribution in [1.29, 1.82) is 0 Å². The second-order valence-corrected chi connectivity index (χ2v) is 7.63. The summed E-state index contributed by atoms with van der Waals surface area (Å²) in [6, 6.07) is 6.13. The molecule has 0 bridgehead atoms. The Kier molecular flexibility index (Phi) is 4.34. The Morgan fingerprint density at radius 3 is 2.71 bits per heavy atom. The van der Waals surface area contributed by atoms with Crippen LogP contribution in [0, 0.1) is 11.8 Å². The van der Waals surface area contributed by atoms with Gasteiger partial charge in [-0.1, -0.05) is 26.2 Å². The first kappa shape index (κ1) is 15.7. The van der Waals surface area contributed by atoms with Gasteiger partial charge in [0.1, 0.15) is 11.3 Å². The van der Waals surface area contributed by atoms with E-state index >= 15 is 0 Å². The lowest BCUT2D eigenvalue weighted by molar-refractivity contribution is -0.120. The van der Waals surface area contributed by atoms with Gasteiger partial charge in [0, 0.05) is 29.0 Å². The summed E-state index contributed by atoms with van der Waals surface area (Å²) < 4.78 is 6.09. The largest absolute Gasteiger partial charge is 0.461 e. The van der Waals surface area contributed by atoms with E-state index in [2.05, 4.69) is 18.3 Å². The number of aryl methyl sites for hydroxylation is 2. The van der Waals surface area contributed by atoms with Gasteiger partial charge in [-0.25, -0.2) is 0 Å². The second-order valence-electron chi connectivity index (χ2n) is 7.63. The van der Waals surface area contributed by atoms with Crippen LogP contribution in [0.4, 0.5) is 5.69 Å². The van der Waals surface area contributed by atoms with Crippen LogP contribution in [0.3, 0.4) is 0 Å². The van der Waals surface area contributed by atoms with Crippen LogP contribution in [-0.4, -0.2) is 5.91 Å². The molecular weight excluding hydrogens is 298 g/mol. The number of hydrogen-bond donors (Lipinski definition) is 1. The van der Waals surface area contributed by atoms with Crippen LogP contribution in [0.25, 0.3) is 11.0 Å². The summed E-state index contributed by atoms with van der Waals surface area (Å²) >= 11 is 0. The van der Waals surface area contributed by atoms with E-state index in [-0.39, 0.29) is 11.8 Å². The molecule has 1 unspecified atom stereocenters. The predicted octanol–water partition coefficient (Wildman–Crippen LogP) is 5.47. The van der Waals surface area contributed by atoms with Crippen molar-refractivity contribution < 1.29 is 9.21 Å². The Labute approximate surface area is 143 Å². The van der Waals surface area contributed by atoms with E-state index in [1.54, 1.807) is 0 Å². The lowest BCUT2D eigenvalue weighted by Crippen LogP contribution is -2.24. The Morgan fingerprint density at radius 2 is 1.92 bits per heavy atom. The molecular formula is C21H27NO2. The van der Waals surface area contributed by atoms with Gasteiger partial charge in [-0.2, -0.15) is 0 Å². The van der Waals surface area contributed by atoms with Crippen molar-refractivity contribution >= 4 is 22.6 Å². The Morgan fingerprint density at radius 1 is 1.08 bits per heavy atom. The summed E-state index contributed by atoms with van der Waals surface area (Å²) in [5.41, 5.74) is 3.25. The molecule has 1 heterocycles. The molecule has 1 N–H and O–H groups in total. The van der Waals surface area contributed by atoms with Gasteiger partial charge in [0.2, 0.25) is 5.91 Å². The van der Waals surface area contributed by atoms with E-state index in [1.807, 2.05) is 12.1 Å². The van der Waals surface area contributed by atoms with E-state index in [4.69, 9.17) is 4.42 Å². The highest BCUT2D eigenvalue weighted by Crippen LogP contribution is 2.34. The van der Waals surface area contributed by atoms with Gasteiger partial charge >= 0.3 is 0 Å². The van der Waals surface area contributed by atoms with E-state index in [0.717, 1.165) is 36.3 Å². The fourth-order valence-corrected chi connectivity index (χ4v) is 4.46. The molecule has 1 fully saturated rings. The van der Waals surface area contributed by atoms with Crippen LogP contribution in [0.2, 0.25) is 0 Å². The summed E-state index contributed by atoms with van der Waals surface area (Å²) in [5.74, 6) is 2.02. The average Bonchev–Trinajstić information content (AvgIpc) is 3.11. The number of anilines is 1. The van der Waals surface area contributed by atoms with E-state index < -0.39 is 0 Å². The van der Waals surface area contributed by atoms with Crippen LogP contribution in [0.15, 0.2) is 22.6 Å². The molecule has 0 radical (unpaired) electrons. The molecule has 1 aromatic carbocycles. The maximum Gasteiger partial charge on any atom is 0.227 e. The number of hydrogen-bond acceptors (Lipinski definition) is 2. The molecule has 0 saturated heterocycles. The molecule has 128 valence electrons. The highest BCUT2D eigenvalue weighted by atomic mass is 16.3. The topological polar surface area (TPSA) is 42.2 Å². The van der Waals surface area contributed by atoms with Gasteiger partial charge in [0.05, 0.1) is 0 Å². The zero-order valence-corrected chi connectivity index (χ0v) is 14.6. The van der Waals surface area contributed by atoms with Gasteiger partial charge in [-0.15, -0.1) is 0 Å². The number of furan rings is 1. The minimum absolute atomic E-state index is 0.172. The molecule has 0 aliphatic heterocycles. The van der Waals surface area contributed by atoms with Crippen molar-refractivity contribution in [2.45, 2.75) is 64.7 Å². The predicted molar refractivity (Wildman–Crippen MR) is 97.2 cm³/mol. The molecule has 1 amide bonds. The Bertz CT molecular complexity index is 746. The molecule has 3 nitrogen and oxygen atoms in total. The first-order chi connectivity index (χ1) is 11.7. The van der Waals surface area contributed by atoms with Crippen LogP contribution < -0.4 is 5.32 Å². The second kappa shape index (κ2) is 6.62. The molecule has 0 spiro atoms. The lowest BCUT2D eigenvalue weighted by Gasteiger charge is -2.15. The van der Waals surface area contributed by atoms with Crippen molar-refractivity contribution in [3.8, 4) is 0 Å². The highest BCUT2D eigenvalue weighted by molar-refractivity contribution is 5.95. The van der Waals surface area contributed by atoms with Crippen molar-refractivity contribution in [2.75, 3.05) is 5.32 Å². The zero-order chi connectivity index (χ0) is 16.5. The standard InChI is InChI=1S/C21H27NO2/c1-14-7-6-9-16(14)21(23)22-15-11-12-20-18(13-15)17-8-4-2-3-5-10-19(17)24-20/h11-14,16H,2-10H2,1H3,(H,22,23)/t14?,16-/m1/s1. The Hall–Kier alpha value is -1.77. The van der Waals surface area contributed by atoms with Crippen LogP contribution in [-0.2, 0) is 17.6 Å². The fourth-order valence-electron chi connectivity index (χ4n) is 4.46. The van der Waals surface area contributed by atoms with Gasteiger partial charge in [0.25, 0.3) is 0 Å². The van der Waals surface area contributed by atoms with Crippen LogP contribution >= 0.6 is 0 Å². The number of nitrogens with one attached hydrogen (secondary N) is 1. The molecule has 3 heteroatoms. The summed E-state index contributed by atoms with van der Waals surface area (Å²) in [6.45, 7) is 2.19. The molecule has 2 aromatic rings. The van der Waals surface area contributed by atoms with Gasteiger partial charge in [-0.05, 0) is 56.2 Å². The normalized spacial score (nSPS) is 24.4. The maximum atomic E-state index is 12.6. The molecule has 1 saturated carbocycles. The van der Waals surface area contributed by atoms with E-state index in [0.29, 0.717) is 5.92 Å². The summed E-state index contributed by atoms with van der Waals surface area (Å²) in [6.07, 6.45) is 10.6. The minimum Gasteiger partial charge on any atom is -0.461 e. The highest BCUT2D eigenvalue weighted by Gasteiger charge is 2.29. The first-order valence-electron chi connectivity index (χ1n) is 9.57. The number of amides is 1. The minimum atomic E-state index is 0.172. The third-order valence-electron chi connectivity index (χ3n) is 5.92. The smallest absolute Gasteiger partial charge is 0.227 e. The van der Waals surface area contributed by atoms with Crippen molar-refractivity contribution in [2.24, 2.45) is 11.8 Å². The molecule has 2 aliphatic rings. The molecule has 24 heavy (non-hydrogen) atoms. The number of carbonyl (C=O) groups excluding carboxylic acids is 1. The van der Waals surface area contributed by atoms with Gasteiger partial charge in [-0.3, -0.25) is 4.79 Å². The molecule has 4 rings (SSSR count). The zero-order valence-electron chi connectivity index (χ0n) is 14.6. The third-order valence-corrected chi connectivity index (χ3v) is 5.92. The third kappa shape index (κ3) is 2.97. The lowest BCUT2D eigenvalue weighted by atomic mass is 9.96. The van der Waals surface area contributed by atoms with E-state index in [9.17, 15) is 4.79 Å². The number of carbonyl (C=O) groups is 1. The number of rotatable bonds is 2. The van der Waals surface area contributed by atoms with Crippen LogP contribution in [0.5, 0.6) is 0 Å². The molecule has 1 aromatic heterocycles. The average molecular weight is 325 g/mol. The summed E-state index contributed by atoms with van der Waals surface area (Å²) in [5, 5.41) is 4.35. The quantitative estimate of drug-likeness (QED) is 0.796. The van der Waals surface area contributed by atoms with Gasteiger partial charge < -0.3 is 9.73 Å². The SMILES string of the molecule is CC1CCC[C@H]1C(=O)Nc1ccc2oc3c(c2c1)CCCCCC3. The van der Waals surface area contributed by atoms with Crippen LogP contribution in [0.1, 0.15) is 63.2 Å². The summed E-state index contributed by atoms with van der Waals surface area (Å²) in [7, 11) is 0. The van der Waals surface area contributed by atoms with E-state index in [1.165, 1.54) is 49.5 Å². The summed E-state index contributed by atoms with van der Waals surface area (Å²) in [4.78, 5) is 12.6. The molecule has 2 aliphatic carbocycles. The van der Waals surface area contributed by atoms with Crippen molar-refractivity contribution in [3.05, 3.63) is 29.5 Å². The molecule has 2 atom stereocenters.